The van der Waals surface area contributed by atoms with E-state index in [4.69, 9.17) is 4.74 Å². The topological polar surface area (TPSA) is 67.4 Å². The van der Waals surface area contributed by atoms with Crippen LogP contribution in [0, 0.1) is 5.92 Å². The van der Waals surface area contributed by atoms with Crippen molar-refractivity contribution in [3.8, 4) is 5.75 Å². The Morgan fingerprint density at radius 3 is 2.07 bits per heavy atom. The molecule has 0 spiro atoms. The number of carbonyl (C=O) groups excluding carboxylic acids is 2. The minimum Gasteiger partial charge on any atom is -0.497 e. The van der Waals surface area contributed by atoms with Crippen molar-refractivity contribution in [1.29, 1.82) is 0 Å². The summed E-state index contributed by atoms with van der Waals surface area (Å²) < 4.78 is 5.12. The zero-order chi connectivity index (χ0) is 20.5. The molecule has 0 aliphatic heterocycles. The Morgan fingerprint density at radius 1 is 0.893 bits per heavy atom. The zero-order valence-corrected chi connectivity index (χ0v) is 17.1. The predicted molar refractivity (Wildman–Crippen MR) is 112 cm³/mol. The van der Waals surface area contributed by atoms with Crippen LogP contribution in [0.25, 0.3) is 0 Å². The summed E-state index contributed by atoms with van der Waals surface area (Å²) in [7, 11) is 1.62. The van der Waals surface area contributed by atoms with E-state index in [1.807, 2.05) is 55.5 Å². The van der Waals surface area contributed by atoms with Crippen LogP contribution in [0.3, 0.4) is 0 Å². The van der Waals surface area contributed by atoms with Crippen LogP contribution >= 0.6 is 0 Å². The maximum absolute atomic E-state index is 12.2. The summed E-state index contributed by atoms with van der Waals surface area (Å²) in [6.07, 6.45) is 0.623. The van der Waals surface area contributed by atoms with Crippen molar-refractivity contribution in [1.82, 2.24) is 5.32 Å². The van der Waals surface area contributed by atoms with Gasteiger partial charge in [0, 0.05) is 25.1 Å². The van der Waals surface area contributed by atoms with Gasteiger partial charge in [-0.05, 0) is 47.2 Å². The molecule has 2 amide bonds. The molecule has 0 bridgehead atoms. The Balaban J connectivity index is 1.73. The maximum atomic E-state index is 12.2. The van der Waals surface area contributed by atoms with E-state index in [1.165, 1.54) is 5.56 Å². The predicted octanol–water partition coefficient (Wildman–Crippen LogP) is 4.49. The van der Waals surface area contributed by atoms with Crippen LogP contribution < -0.4 is 15.4 Å². The fourth-order valence-electron chi connectivity index (χ4n) is 2.88. The number of nitrogens with one attached hydrogen (secondary N) is 2. The van der Waals surface area contributed by atoms with Crippen LogP contribution in [0.1, 0.15) is 50.7 Å². The summed E-state index contributed by atoms with van der Waals surface area (Å²) in [5, 5.41) is 5.79. The lowest BCUT2D eigenvalue weighted by molar-refractivity contribution is -0.122. The molecule has 150 valence electrons. The molecule has 2 aromatic carbocycles. The molecule has 0 aromatic heterocycles. The van der Waals surface area contributed by atoms with Gasteiger partial charge in [-0.25, -0.2) is 0 Å². The fourth-order valence-corrected chi connectivity index (χ4v) is 2.88. The number of hydrogen-bond donors (Lipinski definition) is 2. The van der Waals surface area contributed by atoms with Gasteiger partial charge in [-0.15, -0.1) is 0 Å². The number of benzene rings is 2. The lowest BCUT2D eigenvalue weighted by Gasteiger charge is -2.13. The van der Waals surface area contributed by atoms with Crippen molar-refractivity contribution in [2.45, 2.75) is 46.1 Å². The average molecular weight is 383 g/mol. The van der Waals surface area contributed by atoms with Crippen molar-refractivity contribution in [3.05, 3.63) is 59.7 Å². The van der Waals surface area contributed by atoms with Gasteiger partial charge in [0.25, 0.3) is 0 Å². The average Bonchev–Trinajstić information content (AvgIpc) is 2.67. The number of anilines is 1. The van der Waals surface area contributed by atoms with Crippen molar-refractivity contribution >= 4 is 17.5 Å². The highest BCUT2D eigenvalue weighted by Gasteiger charge is 2.14. The monoisotopic (exact) mass is 382 g/mol. The second-order valence-corrected chi connectivity index (χ2v) is 7.46. The summed E-state index contributed by atoms with van der Waals surface area (Å²) in [4.78, 5) is 24.3. The summed E-state index contributed by atoms with van der Waals surface area (Å²) in [5.74, 6) is 1.07. The SMILES string of the molecule is COc1ccc(CNC(=O)C[C@H](C)CC(=O)Nc2ccc(C(C)C)cc2)cc1. The summed E-state index contributed by atoms with van der Waals surface area (Å²) in [6.45, 7) is 6.64. The molecule has 5 nitrogen and oxygen atoms in total. The van der Waals surface area contributed by atoms with Crippen LogP contribution in [-0.4, -0.2) is 18.9 Å². The van der Waals surface area contributed by atoms with E-state index >= 15 is 0 Å². The third kappa shape index (κ3) is 7.06. The van der Waals surface area contributed by atoms with E-state index in [-0.39, 0.29) is 17.7 Å². The first-order valence-corrected chi connectivity index (χ1v) is 9.66. The standard InChI is InChI=1S/C23H30N2O3/c1-16(2)19-7-9-20(10-8-19)25-23(27)14-17(3)13-22(26)24-15-18-5-11-21(28-4)12-6-18/h5-12,16-17H,13-15H2,1-4H3,(H,24,26)(H,25,27)/t17-/m0/s1. The third-order valence-corrected chi connectivity index (χ3v) is 4.58. The lowest BCUT2D eigenvalue weighted by atomic mass is 10.0. The fraction of sp³-hybridized carbons (Fsp3) is 0.391. The quantitative estimate of drug-likeness (QED) is 0.671. The molecule has 0 unspecified atom stereocenters. The lowest BCUT2D eigenvalue weighted by Crippen LogP contribution is -2.26. The Hall–Kier alpha value is -2.82. The number of ether oxygens (including phenoxy) is 1. The number of carbonyl (C=O) groups is 2. The second-order valence-electron chi connectivity index (χ2n) is 7.46. The molecule has 0 aliphatic carbocycles. The van der Waals surface area contributed by atoms with Gasteiger partial charge in [-0.2, -0.15) is 0 Å². The molecule has 5 heteroatoms. The van der Waals surface area contributed by atoms with E-state index in [0.29, 0.717) is 25.3 Å². The Bertz CT molecular complexity index is 767. The Kier molecular flexibility index (Phi) is 8.05. The summed E-state index contributed by atoms with van der Waals surface area (Å²) in [5.41, 5.74) is 3.02. The Morgan fingerprint density at radius 2 is 1.50 bits per heavy atom. The van der Waals surface area contributed by atoms with Gasteiger partial charge in [-0.3, -0.25) is 9.59 Å². The molecule has 2 rings (SSSR count). The summed E-state index contributed by atoms with van der Waals surface area (Å²) in [6, 6.07) is 15.4. The molecule has 0 aliphatic rings. The number of rotatable bonds is 9. The highest BCUT2D eigenvalue weighted by Crippen LogP contribution is 2.18. The van der Waals surface area contributed by atoms with Crippen molar-refractivity contribution in [3.63, 3.8) is 0 Å². The van der Waals surface area contributed by atoms with E-state index in [1.54, 1.807) is 7.11 Å². The third-order valence-electron chi connectivity index (χ3n) is 4.58. The van der Waals surface area contributed by atoms with Crippen LogP contribution in [0.5, 0.6) is 5.75 Å². The summed E-state index contributed by atoms with van der Waals surface area (Å²) >= 11 is 0. The molecular formula is C23H30N2O3. The highest BCUT2D eigenvalue weighted by molar-refractivity contribution is 5.91. The molecule has 0 fully saturated rings. The molecule has 1 atom stereocenters. The molecule has 28 heavy (non-hydrogen) atoms. The minimum absolute atomic E-state index is 0.0363. The molecule has 2 N–H and O–H groups in total. The largest absolute Gasteiger partial charge is 0.497 e. The van der Waals surface area contributed by atoms with Gasteiger partial charge >= 0.3 is 0 Å². The van der Waals surface area contributed by atoms with Gasteiger partial charge in [-0.1, -0.05) is 45.0 Å². The van der Waals surface area contributed by atoms with Crippen molar-refractivity contribution < 1.29 is 14.3 Å². The van der Waals surface area contributed by atoms with Gasteiger partial charge < -0.3 is 15.4 Å². The minimum atomic E-state index is -0.0762. The number of amides is 2. The van der Waals surface area contributed by atoms with Crippen molar-refractivity contribution in [2.75, 3.05) is 12.4 Å². The van der Waals surface area contributed by atoms with E-state index in [2.05, 4.69) is 24.5 Å². The van der Waals surface area contributed by atoms with Gasteiger partial charge in [0.2, 0.25) is 11.8 Å². The number of methoxy groups -OCH3 is 1. The normalized spacial score (nSPS) is 11.8. The number of hydrogen-bond acceptors (Lipinski definition) is 3. The molecule has 0 radical (unpaired) electrons. The van der Waals surface area contributed by atoms with Gasteiger partial charge in [0.15, 0.2) is 0 Å². The first-order valence-electron chi connectivity index (χ1n) is 9.66. The Labute approximate surface area is 167 Å². The second kappa shape index (κ2) is 10.5. The van der Waals surface area contributed by atoms with Crippen LogP contribution in [-0.2, 0) is 16.1 Å². The first kappa shape index (κ1) is 21.5. The highest BCUT2D eigenvalue weighted by atomic mass is 16.5. The zero-order valence-electron chi connectivity index (χ0n) is 17.1. The van der Waals surface area contributed by atoms with E-state index in [9.17, 15) is 9.59 Å². The van der Waals surface area contributed by atoms with Crippen LogP contribution in [0.2, 0.25) is 0 Å². The van der Waals surface area contributed by atoms with E-state index < -0.39 is 0 Å². The van der Waals surface area contributed by atoms with E-state index in [0.717, 1.165) is 17.0 Å². The molecule has 0 saturated carbocycles. The smallest absolute Gasteiger partial charge is 0.224 e. The molecule has 0 saturated heterocycles. The molecule has 2 aromatic rings. The van der Waals surface area contributed by atoms with Crippen LogP contribution in [0.15, 0.2) is 48.5 Å². The van der Waals surface area contributed by atoms with Gasteiger partial charge in [0.1, 0.15) is 5.75 Å². The maximum Gasteiger partial charge on any atom is 0.224 e. The van der Waals surface area contributed by atoms with Gasteiger partial charge in [0.05, 0.1) is 7.11 Å². The molecular weight excluding hydrogens is 352 g/mol. The first-order chi connectivity index (χ1) is 13.4. The van der Waals surface area contributed by atoms with Crippen LogP contribution in [0.4, 0.5) is 5.69 Å². The van der Waals surface area contributed by atoms with Crippen molar-refractivity contribution in [2.24, 2.45) is 5.92 Å². The molecule has 0 heterocycles.